The molecule has 0 amide bonds. The molecule has 0 bridgehead atoms. The molecule has 4 N–H and O–H groups in total. The molecule has 0 radical (unpaired) electrons. The minimum Gasteiger partial charge on any atom is -0.387 e. The van der Waals surface area contributed by atoms with Crippen LogP contribution in [0.15, 0.2) is 94.7 Å². The molecule has 3 saturated heterocycles. The Morgan fingerprint density at radius 1 is 0.804 bits per heavy atom. The zero-order chi connectivity index (χ0) is 32.4. The number of hydrogen-bond acceptors (Lipinski definition) is 13. The molecule has 11 atom stereocenters. The zero-order valence-electron chi connectivity index (χ0n) is 24.7. The third kappa shape index (κ3) is 7.33. The monoisotopic (exact) mass is 676 g/mol. The standard InChI is InChI=1S/C32H36O12S2/c1-18-12-14-21(15-13-18)46(37,38)40-17-23-29(25(34)27(36)32(42-23)45-20-10-6-3-7-11-20)44-31-26(35)24(33)28-22(41-31)16-39-30(43-28)19-8-4-2-5-9-19/h2-15,22-36H,16-17H2,1H3/t22-,23-,24-,25-,26-,27-,28-,29-,30?,31+,32+/m1/s1. The van der Waals surface area contributed by atoms with Gasteiger partial charge < -0.3 is 44.1 Å². The highest BCUT2D eigenvalue weighted by atomic mass is 32.2. The van der Waals surface area contributed by atoms with Crippen LogP contribution in [0.1, 0.15) is 17.4 Å². The molecule has 12 nitrogen and oxygen atoms in total. The minimum absolute atomic E-state index is 0.00264. The van der Waals surface area contributed by atoms with Gasteiger partial charge in [-0.3, -0.25) is 4.18 Å². The molecule has 3 heterocycles. The van der Waals surface area contributed by atoms with Gasteiger partial charge >= 0.3 is 0 Å². The van der Waals surface area contributed by atoms with Gasteiger partial charge in [-0.1, -0.05) is 78.0 Å². The number of ether oxygens (including phenoxy) is 5. The zero-order valence-corrected chi connectivity index (χ0v) is 26.4. The molecule has 0 aromatic heterocycles. The first kappa shape index (κ1) is 33.5. The van der Waals surface area contributed by atoms with Crippen LogP contribution < -0.4 is 0 Å². The van der Waals surface area contributed by atoms with Crippen molar-refractivity contribution >= 4 is 21.9 Å². The lowest BCUT2D eigenvalue weighted by molar-refractivity contribution is -0.377. The van der Waals surface area contributed by atoms with Gasteiger partial charge in [0.25, 0.3) is 10.1 Å². The maximum atomic E-state index is 13.0. The van der Waals surface area contributed by atoms with E-state index in [4.69, 9.17) is 27.9 Å². The molecule has 14 heteroatoms. The van der Waals surface area contributed by atoms with Crippen LogP contribution in [0.3, 0.4) is 0 Å². The summed E-state index contributed by atoms with van der Waals surface area (Å²) in [5.41, 5.74) is 0.555. The number of aliphatic hydroxyl groups excluding tert-OH is 4. The Bertz CT molecular complexity index is 1530. The second-order valence-corrected chi connectivity index (χ2v) is 14.1. The van der Waals surface area contributed by atoms with Gasteiger partial charge in [0, 0.05) is 10.5 Å². The Labute approximate surface area is 270 Å². The summed E-state index contributed by atoms with van der Waals surface area (Å²) in [4.78, 5) is 0.657. The fourth-order valence-corrected chi connectivity index (χ4v) is 7.49. The van der Waals surface area contributed by atoms with E-state index >= 15 is 0 Å². The van der Waals surface area contributed by atoms with Crippen molar-refractivity contribution in [3.05, 3.63) is 96.1 Å². The maximum Gasteiger partial charge on any atom is 0.297 e. The van der Waals surface area contributed by atoms with E-state index in [0.29, 0.717) is 0 Å². The van der Waals surface area contributed by atoms with Gasteiger partial charge in [-0.25, -0.2) is 0 Å². The van der Waals surface area contributed by atoms with E-state index < -0.39 is 83.6 Å². The molecule has 0 saturated carbocycles. The molecule has 0 aliphatic carbocycles. The first-order valence-electron chi connectivity index (χ1n) is 14.8. The SMILES string of the molecule is Cc1ccc(S(=O)(=O)OC[C@H]2O[C@@H](Sc3ccccc3)[C@H](O)[C@@H](O)[C@@H]2O[C@@H]2O[C@@H]3COC(c4ccccc4)O[C@H]3[C@H](O)[C@H]2O)cc1. The molecule has 3 aromatic rings. The summed E-state index contributed by atoms with van der Waals surface area (Å²) in [5.74, 6) is 0. The van der Waals surface area contributed by atoms with E-state index in [0.717, 1.165) is 27.8 Å². The van der Waals surface area contributed by atoms with Gasteiger partial charge in [-0.15, -0.1) is 0 Å². The summed E-state index contributed by atoms with van der Waals surface area (Å²) in [5, 5.41) is 44.4. The predicted molar refractivity (Wildman–Crippen MR) is 163 cm³/mol. The third-order valence-corrected chi connectivity index (χ3v) is 10.5. The van der Waals surface area contributed by atoms with Crippen LogP contribution in [0.2, 0.25) is 0 Å². The van der Waals surface area contributed by atoms with Crippen LogP contribution >= 0.6 is 11.8 Å². The topological polar surface area (TPSA) is 170 Å². The Morgan fingerprint density at radius 3 is 2.17 bits per heavy atom. The average molecular weight is 677 g/mol. The summed E-state index contributed by atoms with van der Waals surface area (Å²) in [6.07, 6.45) is -13.1. The molecule has 3 aliphatic heterocycles. The third-order valence-electron chi connectivity index (χ3n) is 8.03. The Morgan fingerprint density at radius 2 is 1.48 bits per heavy atom. The predicted octanol–water partition coefficient (Wildman–Crippen LogP) is 1.89. The van der Waals surface area contributed by atoms with Crippen molar-refractivity contribution in [2.45, 2.75) is 83.6 Å². The van der Waals surface area contributed by atoms with E-state index in [9.17, 15) is 28.8 Å². The van der Waals surface area contributed by atoms with Gasteiger partial charge in [0.05, 0.1) is 18.1 Å². The minimum atomic E-state index is -4.24. The summed E-state index contributed by atoms with van der Waals surface area (Å²) >= 11 is 1.13. The van der Waals surface area contributed by atoms with Crippen molar-refractivity contribution < 1.29 is 56.7 Å². The van der Waals surface area contributed by atoms with Crippen molar-refractivity contribution in [1.29, 1.82) is 0 Å². The highest BCUT2D eigenvalue weighted by Gasteiger charge is 2.53. The highest BCUT2D eigenvalue weighted by Crippen LogP contribution is 2.38. The Balaban J connectivity index is 1.19. The lowest BCUT2D eigenvalue weighted by Crippen LogP contribution is -2.65. The lowest BCUT2D eigenvalue weighted by Gasteiger charge is -2.48. The molecule has 6 rings (SSSR count). The summed E-state index contributed by atoms with van der Waals surface area (Å²) in [6, 6.07) is 24.2. The quantitative estimate of drug-likeness (QED) is 0.243. The molecule has 1 unspecified atom stereocenters. The van der Waals surface area contributed by atoms with Crippen LogP contribution in [0.25, 0.3) is 0 Å². The number of aliphatic hydroxyl groups is 4. The number of aryl methyl sites for hydroxylation is 1. The summed E-state index contributed by atoms with van der Waals surface area (Å²) < 4.78 is 61.2. The van der Waals surface area contributed by atoms with Gasteiger partial charge in [-0.05, 0) is 31.2 Å². The second kappa shape index (κ2) is 14.4. The van der Waals surface area contributed by atoms with Crippen molar-refractivity contribution in [2.24, 2.45) is 0 Å². The van der Waals surface area contributed by atoms with Gasteiger partial charge in [0.15, 0.2) is 12.6 Å². The van der Waals surface area contributed by atoms with Crippen LogP contribution in [0, 0.1) is 6.92 Å². The van der Waals surface area contributed by atoms with E-state index in [2.05, 4.69) is 0 Å². The second-order valence-electron chi connectivity index (χ2n) is 11.3. The van der Waals surface area contributed by atoms with E-state index in [1.54, 1.807) is 36.4 Å². The molecule has 0 spiro atoms. The van der Waals surface area contributed by atoms with E-state index in [1.165, 1.54) is 12.1 Å². The van der Waals surface area contributed by atoms with Gasteiger partial charge in [0.2, 0.25) is 0 Å². The van der Waals surface area contributed by atoms with Crippen LogP contribution in [0.4, 0.5) is 0 Å². The molecular formula is C32H36O12S2. The number of fused-ring (bicyclic) bond motifs is 1. The van der Waals surface area contributed by atoms with Crippen LogP contribution in [0.5, 0.6) is 0 Å². The van der Waals surface area contributed by atoms with Crippen molar-refractivity contribution in [3.63, 3.8) is 0 Å². The molecule has 3 fully saturated rings. The Hall–Kier alpha value is -2.44. The normalized spacial score (nSPS) is 34.9. The fourth-order valence-electron chi connectivity index (χ4n) is 5.49. The molecule has 3 aromatic carbocycles. The van der Waals surface area contributed by atoms with Crippen molar-refractivity contribution in [3.8, 4) is 0 Å². The number of hydrogen-bond donors (Lipinski definition) is 4. The first-order chi connectivity index (χ1) is 22.1. The fraction of sp³-hybridized carbons (Fsp3) is 0.438. The lowest BCUT2D eigenvalue weighted by atomic mass is 9.96. The number of benzene rings is 3. The van der Waals surface area contributed by atoms with Gasteiger partial charge in [0.1, 0.15) is 54.3 Å². The number of thioether (sulfide) groups is 1. The number of rotatable bonds is 9. The molecular weight excluding hydrogens is 640 g/mol. The molecule has 46 heavy (non-hydrogen) atoms. The van der Waals surface area contributed by atoms with E-state index in [-0.39, 0.29) is 11.5 Å². The van der Waals surface area contributed by atoms with Crippen LogP contribution in [-0.2, 0) is 38.0 Å². The summed E-state index contributed by atoms with van der Waals surface area (Å²) in [7, 11) is -4.24. The van der Waals surface area contributed by atoms with E-state index in [1.807, 2.05) is 43.3 Å². The Kier molecular flexibility index (Phi) is 10.4. The largest absolute Gasteiger partial charge is 0.387 e. The first-order valence-corrected chi connectivity index (χ1v) is 17.1. The van der Waals surface area contributed by atoms with Crippen molar-refractivity contribution in [2.75, 3.05) is 13.2 Å². The smallest absolute Gasteiger partial charge is 0.297 e. The summed E-state index contributed by atoms with van der Waals surface area (Å²) in [6.45, 7) is 1.22. The highest BCUT2D eigenvalue weighted by molar-refractivity contribution is 7.99. The average Bonchev–Trinajstić information content (AvgIpc) is 3.07. The molecule has 3 aliphatic rings. The molecule has 248 valence electrons. The maximum absolute atomic E-state index is 13.0. The van der Waals surface area contributed by atoms with Crippen molar-refractivity contribution in [1.82, 2.24) is 0 Å². The van der Waals surface area contributed by atoms with Gasteiger partial charge in [-0.2, -0.15) is 8.42 Å². The van der Waals surface area contributed by atoms with Crippen LogP contribution in [-0.4, -0.2) is 103 Å².